The zero-order chi connectivity index (χ0) is 20.2. The fraction of sp³-hybridized carbons (Fsp3) is 0.545. The Morgan fingerprint density at radius 2 is 1.93 bits per heavy atom. The number of likely N-dealkylation sites (N-methyl/N-ethyl adjacent to an activating group) is 1. The quantitative estimate of drug-likeness (QED) is 0.709. The van der Waals surface area contributed by atoms with Crippen molar-refractivity contribution in [1.29, 1.82) is 0 Å². The van der Waals surface area contributed by atoms with E-state index in [1.54, 1.807) is 7.11 Å². The first-order valence-electron chi connectivity index (χ1n) is 10.4. The molecule has 0 saturated heterocycles. The topological polar surface area (TPSA) is 59.5 Å². The van der Waals surface area contributed by atoms with E-state index in [0.717, 1.165) is 66.5 Å². The lowest BCUT2D eigenvalue weighted by atomic mass is 10.1. The fourth-order valence-corrected chi connectivity index (χ4v) is 4.66. The van der Waals surface area contributed by atoms with Crippen molar-refractivity contribution in [2.45, 2.75) is 56.4 Å². The van der Waals surface area contributed by atoms with Gasteiger partial charge in [0.05, 0.1) is 7.11 Å². The van der Waals surface area contributed by atoms with Gasteiger partial charge < -0.3 is 19.1 Å². The molecule has 1 N–H and O–H groups in total. The third-order valence-electron chi connectivity index (χ3n) is 5.71. The molecule has 0 radical (unpaired) electrons. The van der Waals surface area contributed by atoms with E-state index in [-0.39, 0.29) is 0 Å². The number of pyridine rings is 2. The summed E-state index contributed by atoms with van der Waals surface area (Å²) in [4.78, 5) is 12.7. The van der Waals surface area contributed by atoms with Gasteiger partial charge in [-0.3, -0.25) is 0 Å². The number of ether oxygens (including phenoxy) is 2. The van der Waals surface area contributed by atoms with Gasteiger partial charge in [0.2, 0.25) is 11.8 Å². The second-order valence-corrected chi connectivity index (χ2v) is 8.86. The first-order chi connectivity index (χ1) is 14.1. The number of aryl methyl sites for hydroxylation is 1. The summed E-state index contributed by atoms with van der Waals surface area (Å²) in [6.45, 7) is 4.15. The Labute approximate surface area is 177 Å². The number of rotatable bonds is 6. The van der Waals surface area contributed by atoms with Gasteiger partial charge in [0.15, 0.2) is 0 Å². The summed E-state index contributed by atoms with van der Waals surface area (Å²) in [5.74, 6) is 1.40. The zero-order valence-corrected chi connectivity index (χ0v) is 18.3. The summed E-state index contributed by atoms with van der Waals surface area (Å²) in [5.41, 5.74) is 4.42. The van der Waals surface area contributed by atoms with E-state index in [0.29, 0.717) is 12.0 Å². The molecular weight excluding hydrogens is 384 g/mol. The van der Waals surface area contributed by atoms with Crippen LogP contribution in [0, 0.1) is 6.92 Å². The highest BCUT2D eigenvalue weighted by Gasteiger charge is 2.19. The maximum absolute atomic E-state index is 6.07. The van der Waals surface area contributed by atoms with Gasteiger partial charge >= 0.3 is 0 Å². The molecule has 0 amide bonds. The predicted molar refractivity (Wildman–Crippen MR) is 117 cm³/mol. The van der Waals surface area contributed by atoms with Crippen molar-refractivity contribution in [1.82, 2.24) is 14.9 Å². The Morgan fingerprint density at radius 3 is 2.69 bits per heavy atom. The molecular formula is C22H30N4O2S. The Balaban J connectivity index is 1.45. The van der Waals surface area contributed by atoms with Gasteiger partial charge in [-0.1, -0.05) is 0 Å². The van der Waals surface area contributed by atoms with Crippen LogP contribution in [0.3, 0.4) is 0 Å². The first kappa shape index (κ1) is 20.3. The molecule has 6 nitrogen and oxygen atoms in total. The van der Waals surface area contributed by atoms with Crippen molar-refractivity contribution in [2.75, 3.05) is 32.0 Å². The zero-order valence-electron chi connectivity index (χ0n) is 17.5. The molecule has 0 aromatic carbocycles. The van der Waals surface area contributed by atoms with E-state index in [2.05, 4.69) is 40.7 Å². The lowest BCUT2D eigenvalue weighted by Crippen LogP contribution is -2.20. The van der Waals surface area contributed by atoms with Crippen LogP contribution in [0.25, 0.3) is 0 Å². The average Bonchev–Trinajstić information content (AvgIpc) is 3.17. The van der Waals surface area contributed by atoms with E-state index < -0.39 is 0 Å². The molecule has 2 aromatic rings. The molecule has 0 unspecified atom stereocenters. The maximum atomic E-state index is 6.07. The minimum atomic E-state index is 0.326. The SMILES string of the molecule is COc1nc2c(cc1NSc1cnc(OC3CCCC3)c(C)c1)CCN(C)CC2. The number of hydrogen-bond donors (Lipinski definition) is 1. The molecule has 1 aliphatic heterocycles. The monoisotopic (exact) mass is 414 g/mol. The minimum absolute atomic E-state index is 0.326. The number of hydrogen-bond acceptors (Lipinski definition) is 7. The van der Waals surface area contributed by atoms with Crippen molar-refractivity contribution in [3.05, 3.63) is 35.2 Å². The van der Waals surface area contributed by atoms with Gasteiger partial charge in [-0.05, 0) is 75.7 Å². The van der Waals surface area contributed by atoms with Crippen molar-refractivity contribution in [3.63, 3.8) is 0 Å². The second kappa shape index (κ2) is 9.22. The summed E-state index contributed by atoms with van der Waals surface area (Å²) in [6, 6.07) is 4.30. The summed E-state index contributed by atoms with van der Waals surface area (Å²) >= 11 is 1.53. The summed E-state index contributed by atoms with van der Waals surface area (Å²) in [7, 11) is 3.84. The van der Waals surface area contributed by atoms with Gasteiger partial charge in [-0.25, -0.2) is 9.97 Å². The Bertz CT molecular complexity index is 855. The van der Waals surface area contributed by atoms with Gasteiger partial charge in [-0.2, -0.15) is 0 Å². The highest BCUT2D eigenvalue weighted by molar-refractivity contribution is 8.00. The molecule has 0 atom stereocenters. The fourth-order valence-electron chi connectivity index (χ4n) is 3.95. The molecule has 1 aliphatic carbocycles. The molecule has 0 spiro atoms. The molecule has 7 heteroatoms. The van der Waals surface area contributed by atoms with Gasteiger partial charge in [-0.15, -0.1) is 0 Å². The number of anilines is 1. The van der Waals surface area contributed by atoms with Gasteiger partial charge in [0, 0.05) is 41.9 Å². The molecule has 1 saturated carbocycles. The molecule has 2 aromatic heterocycles. The van der Waals surface area contributed by atoms with E-state index in [1.165, 1.54) is 30.4 Å². The van der Waals surface area contributed by atoms with Crippen molar-refractivity contribution in [3.8, 4) is 11.8 Å². The molecule has 1 fully saturated rings. The Morgan fingerprint density at radius 1 is 1.14 bits per heavy atom. The Kier molecular flexibility index (Phi) is 6.45. The molecule has 2 aliphatic rings. The Hall–Kier alpha value is -1.99. The smallest absolute Gasteiger partial charge is 0.238 e. The van der Waals surface area contributed by atoms with Gasteiger partial charge in [0.1, 0.15) is 11.8 Å². The van der Waals surface area contributed by atoms with Crippen LogP contribution in [0.15, 0.2) is 23.2 Å². The lowest BCUT2D eigenvalue weighted by molar-refractivity contribution is 0.199. The van der Waals surface area contributed by atoms with E-state index >= 15 is 0 Å². The summed E-state index contributed by atoms with van der Waals surface area (Å²) in [6.07, 6.45) is 8.96. The van der Waals surface area contributed by atoms with Crippen LogP contribution in [0.5, 0.6) is 11.8 Å². The van der Waals surface area contributed by atoms with E-state index in [1.807, 2.05) is 6.20 Å². The van der Waals surface area contributed by atoms with Crippen LogP contribution >= 0.6 is 11.9 Å². The van der Waals surface area contributed by atoms with Crippen molar-refractivity contribution in [2.24, 2.45) is 0 Å². The number of nitrogens with zero attached hydrogens (tertiary/aromatic N) is 3. The lowest BCUT2D eigenvalue weighted by Gasteiger charge is -2.15. The minimum Gasteiger partial charge on any atom is -0.479 e. The number of nitrogens with one attached hydrogen (secondary N) is 1. The van der Waals surface area contributed by atoms with Crippen molar-refractivity contribution >= 4 is 17.6 Å². The standard InChI is InChI=1S/C22H30N4O2S/c1-15-12-18(14-23-21(15)28-17-6-4-5-7-17)29-25-20-13-16-8-10-26(2)11-9-19(16)24-22(20)27-3/h12-14,17,25H,4-11H2,1-3H3. The largest absolute Gasteiger partial charge is 0.479 e. The highest BCUT2D eigenvalue weighted by Crippen LogP contribution is 2.32. The van der Waals surface area contributed by atoms with Crippen LogP contribution in [0.4, 0.5) is 5.69 Å². The number of aromatic nitrogens is 2. The molecule has 0 bridgehead atoms. The number of fused-ring (bicyclic) bond motifs is 1. The average molecular weight is 415 g/mol. The summed E-state index contributed by atoms with van der Waals surface area (Å²) < 4.78 is 15.0. The molecule has 29 heavy (non-hydrogen) atoms. The van der Waals surface area contributed by atoms with Crippen LogP contribution in [0.1, 0.15) is 42.5 Å². The first-order valence-corrected chi connectivity index (χ1v) is 11.3. The van der Waals surface area contributed by atoms with Crippen LogP contribution in [0.2, 0.25) is 0 Å². The van der Waals surface area contributed by atoms with Crippen molar-refractivity contribution < 1.29 is 9.47 Å². The summed E-state index contributed by atoms with van der Waals surface area (Å²) in [5, 5.41) is 0. The van der Waals surface area contributed by atoms with E-state index in [4.69, 9.17) is 14.5 Å². The van der Waals surface area contributed by atoms with Gasteiger partial charge in [0.25, 0.3) is 0 Å². The van der Waals surface area contributed by atoms with Crippen LogP contribution in [-0.4, -0.2) is 48.2 Å². The molecule has 3 heterocycles. The third-order valence-corrected chi connectivity index (χ3v) is 6.49. The van der Waals surface area contributed by atoms with Crippen LogP contribution < -0.4 is 14.2 Å². The molecule has 156 valence electrons. The second-order valence-electron chi connectivity index (χ2n) is 7.98. The van der Waals surface area contributed by atoms with E-state index in [9.17, 15) is 0 Å². The van der Waals surface area contributed by atoms with Crippen LogP contribution in [-0.2, 0) is 12.8 Å². The maximum Gasteiger partial charge on any atom is 0.238 e. The third kappa shape index (κ3) is 4.95. The normalized spacial score (nSPS) is 17.6. The molecule has 4 rings (SSSR count). The number of methoxy groups -OCH3 is 1. The predicted octanol–water partition coefficient (Wildman–Crippen LogP) is 4.26. The highest BCUT2D eigenvalue weighted by atomic mass is 32.2.